The van der Waals surface area contributed by atoms with E-state index in [2.05, 4.69) is 29.6 Å². The van der Waals surface area contributed by atoms with Crippen LogP contribution >= 0.6 is 0 Å². The number of hydrogen-bond acceptors (Lipinski definition) is 3. The maximum absolute atomic E-state index is 12.7. The number of methoxy groups -OCH3 is 2. The van der Waals surface area contributed by atoms with E-state index in [-0.39, 0.29) is 11.3 Å². The van der Waals surface area contributed by atoms with Crippen molar-refractivity contribution in [3.8, 4) is 11.5 Å². The van der Waals surface area contributed by atoms with Crippen LogP contribution in [0.3, 0.4) is 0 Å². The fraction of sp³-hybridized carbons (Fsp3) is 0.381. The topological polar surface area (TPSA) is 47.6 Å². The van der Waals surface area contributed by atoms with Gasteiger partial charge in [-0.3, -0.25) is 4.79 Å². The molecular weight excluding hydrogens is 314 g/mol. The van der Waals surface area contributed by atoms with Crippen molar-refractivity contribution in [3.05, 3.63) is 59.7 Å². The van der Waals surface area contributed by atoms with Crippen LogP contribution in [0.25, 0.3) is 0 Å². The van der Waals surface area contributed by atoms with Crippen molar-refractivity contribution in [2.24, 2.45) is 0 Å². The quantitative estimate of drug-likeness (QED) is 0.867. The van der Waals surface area contributed by atoms with Crippen LogP contribution < -0.4 is 14.8 Å². The first kappa shape index (κ1) is 17.3. The number of carbonyl (C=O) groups excluding carboxylic acids is 1. The van der Waals surface area contributed by atoms with Gasteiger partial charge >= 0.3 is 0 Å². The second-order valence-electron chi connectivity index (χ2n) is 6.64. The molecule has 0 atom stereocenters. The molecule has 25 heavy (non-hydrogen) atoms. The fourth-order valence-corrected chi connectivity index (χ4v) is 3.70. The number of hydrogen-bond donors (Lipinski definition) is 1. The first-order chi connectivity index (χ1) is 12.2. The third-order valence-corrected chi connectivity index (χ3v) is 5.15. The van der Waals surface area contributed by atoms with E-state index < -0.39 is 0 Å². The maximum Gasteiger partial charge on any atom is 0.251 e. The minimum absolute atomic E-state index is 0.0415. The summed E-state index contributed by atoms with van der Waals surface area (Å²) in [6.07, 6.45) is 4.63. The number of nitrogens with one attached hydrogen (secondary N) is 1. The lowest BCUT2D eigenvalue weighted by Crippen LogP contribution is -2.39. The number of benzene rings is 2. The van der Waals surface area contributed by atoms with Crippen molar-refractivity contribution in [1.82, 2.24) is 5.32 Å². The van der Waals surface area contributed by atoms with Crippen LogP contribution in [-0.4, -0.2) is 26.7 Å². The van der Waals surface area contributed by atoms with Gasteiger partial charge in [0.05, 0.1) is 14.2 Å². The second kappa shape index (κ2) is 7.60. The van der Waals surface area contributed by atoms with E-state index in [4.69, 9.17) is 9.47 Å². The van der Waals surface area contributed by atoms with Gasteiger partial charge in [-0.25, -0.2) is 0 Å². The van der Waals surface area contributed by atoms with Gasteiger partial charge in [0.1, 0.15) is 11.5 Å². The van der Waals surface area contributed by atoms with Crippen LogP contribution in [0.4, 0.5) is 0 Å². The average molecular weight is 339 g/mol. The highest BCUT2D eigenvalue weighted by Gasteiger charge is 2.35. The molecular formula is C21H25NO3. The summed E-state index contributed by atoms with van der Waals surface area (Å²) < 4.78 is 10.5. The Morgan fingerprint density at radius 1 is 1.00 bits per heavy atom. The standard InChI is InChI=1S/C21H25NO3/c1-24-18-12-16(13-19(14-18)25-2)20(23)22-15-21(10-6-7-11-21)17-8-4-3-5-9-17/h3-5,8-9,12-14H,6-7,10-11,15H2,1-2H3,(H,22,23). The Hall–Kier alpha value is -2.49. The zero-order chi connectivity index (χ0) is 17.7. The Kier molecular flexibility index (Phi) is 5.27. The average Bonchev–Trinajstić information content (AvgIpc) is 3.16. The molecule has 1 aliphatic rings. The molecule has 0 aliphatic heterocycles. The molecule has 1 N–H and O–H groups in total. The summed E-state index contributed by atoms with van der Waals surface area (Å²) in [5.41, 5.74) is 1.91. The Morgan fingerprint density at radius 2 is 1.60 bits per heavy atom. The van der Waals surface area contributed by atoms with Gasteiger partial charge in [0, 0.05) is 23.6 Å². The predicted molar refractivity (Wildman–Crippen MR) is 98.5 cm³/mol. The molecule has 2 aromatic rings. The van der Waals surface area contributed by atoms with Crippen LogP contribution in [-0.2, 0) is 5.41 Å². The molecule has 1 saturated carbocycles. The minimum atomic E-state index is -0.0978. The highest BCUT2D eigenvalue weighted by Crippen LogP contribution is 2.40. The number of rotatable bonds is 6. The molecule has 0 saturated heterocycles. The van der Waals surface area contributed by atoms with Crippen LogP contribution in [0.15, 0.2) is 48.5 Å². The van der Waals surface area contributed by atoms with Crippen molar-refractivity contribution in [2.75, 3.05) is 20.8 Å². The van der Waals surface area contributed by atoms with Crippen molar-refractivity contribution < 1.29 is 14.3 Å². The van der Waals surface area contributed by atoms with Crippen LogP contribution in [0.2, 0.25) is 0 Å². The molecule has 0 unspecified atom stereocenters. The molecule has 2 aromatic carbocycles. The highest BCUT2D eigenvalue weighted by atomic mass is 16.5. The Bertz CT molecular complexity index is 699. The molecule has 0 aromatic heterocycles. The van der Waals surface area contributed by atoms with E-state index in [1.807, 2.05) is 6.07 Å². The van der Waals surface area contributed by atoms with E-state index in [0.717, 1.165) is 12.8 Å². The Morgan fingerprint density at radius 3 is 2.16 bits per heavy atom. The zero-order valence-electron chi connectivity index (χ0n) is 14.9. The molecule has 1 fully saturated rings. The van der Waals surface area contributed by atoms with Gasteiger partial charge in [0.25, 0.3) is 5.91 Å². The van der Waals surface area contributed by atoms with E-state index in [1.54, 1.807) is 32.4 Å². The lowest BCUT2D eigenvalue weighted by atomic mass is 9.79. The molecule has 4 nitrogen and oxygen atoms in total. The molecule has 0 radical (unpaired) electrons. The minimum Gasteiger partial charge on any atom is -0.497 e. The van der Waals surface area contributed by atoms with E-state index >= 15 is 0 Å². The summed E-state index contributed by atoms with van der Waals surface area (Å²) >= 11 is 0. The largest absolute Gasteiger partial charge is 0.497 e. The molecule has 1 aliphatic carbocycles. The van der Waals surface area contributed by atoms with Crippen LogP contribution in [0.1, 0.15) is 41.6 Å². The molecule has 132 valence electrons. The Labute approximate surface area is 149 Å². The number of amides is 1. The smallest absolute Gasteiger partial charge is 0.251 e. The third kappa shape index (κ3) is 3.78. The molecule has 0 bridgehead atoms. The van der Waals surface area contributed by atoms with Crippen LogP contribution in [0, 0.1) is 0 Å². The summed E-state index contributed by atoms with van der Waals surface area (Å²) in [6, 6.07) is 15.8. The summed E-state index contributed by atoms with van der Waals surface area (Å²) in [6.45, 7) is 0.648. The predicted octanol–water partition coefficient (Wildman–Crippen LogP) is 3.95. The first-order valence-corrected chi connectivity index (χ1v) is 8.74. The highest BCUT2D eigenvalue weighted by molar-refractivity contribution is 5.95. The molecule has 1 amide bonds. The summed E-state index contributed by atoms with van der Waals surface area (Å²) in [5.74, 6) is 1.13. The van der Waals surface area contributed by atoms with Gasteiger partial charge in [-0.2, -0.15) is 0 Å². The van der Waals surface area contributed by atoms with Gasteiger partial charge < -0.3 is 14.8 Å². The van der Waals surface area contributed by atoms with Crippen molar-refractivity contribution in [2.45, 2.75) is 31.1 Å². The van der Waals surface area contributed by atoms with Crippen molar-refractivity contribution >= 4 is 5.91 Å². The summed E-state index contributed by atoms with van der Waals surface area (Å²) in [4.78, 5) is 12.7. The molecule has 0 spiro atoms. The van der Waals surface area contributed by atoms with Gasteiger partial charge in [0.15, 0.2) is 0 Å². The van der Waals surface area contributed by atoms with Crippen molar-refractivity contribution in [1.29, 1.82) is 0 Å². The van der Waals surface area contributed by atoms with Gasteiger partial charge in [-0.05, 0) is 30.5 Å². The second-order valence-corrected chi connectivity index (χ2v) is 6.64. The summed E-state index contributed by atoms with van der Waals surface area (Å²) in [7, 11) is 3.17. The molecule has 4 heteroatoms. The van der Waals surface area contributed by atoms with E-state index in [0.29, 0.717) is 23.6 Å². The van der Waals surface area contributed by atoms with E-state index in [1.165, 1.54) is 18.4 Å². The zero-order valence-corrected chi connectivity index (χ0v) is 14.9. The summed E-state index contributed by atoms with van der Waals surface area (Å²) in [5, 5.41) is 3.13. The Balaban J connectivity index is 1.77. The first-order valence-electron chi connectivity index (χ1n) is 8.74. The van der Waals surface area contributed by atoms with E-state index in [9.17, 15) is 4.79 Å². The lowest BCUT2D eigenvalue weighted by Gasteiger charge is -2.30. The van der Waals surface area contributed by atoms with Gasteiger partial charge in [-0.15, -0.1) is 0 Å². The normalized spacial score (nSPS) is 15.6. The van der Waals surface area contributed by atoms with Gasteiger partial charge in [0.2, 0.25) is 0 Å². The number of ether oxygens (including phenoxy) is 2. The fourth-order valence-electron chi connectivity index (χ4n) is 3.70. The van der Waals surface area contributed by atoms with Crippen molar-refractivity contribution in [3.63, 3.8) is 0 Å². The number of carbonyl (C=O) groups is 1. The van der Waals surface area contributed by atoms with Crippen LogP contribution in [0.5, 0.6) is 11.5 Å². The molecule has 0 heterocycles. The monoisotopic (exact) mass is 339 g/mol. The SMILES string of the molecule is COc1cc(OC)cc(C(=O)NCC2(c3ccccc3)CCCC2)c1. The third-order valence-electron chi connectivity index (χ3n) is 5.15. The maximum atomic E-state index is 12.7. The lowest BCUT2D eigenvalue weighted by molar-refractivity contribution is 0.0942. The molecule has 3 rings (SSSR count). The van der Waals surface area contributed by atoms with Gasteiger partial charge in [-0.1, -0.05) is 43.2 Å².